The fourth-order valence-electron chi connectivity index (χ4n) is 3.87. The van der Waals surface area contributed by atoms with E-state index in [0.29, 0.717) is 23.2 Å². The zero-order valence-corrected chi connectivity index (χ0v) is 24.2. The van der Waals surface area contributed by atoms with Crippen molar-refractivity contribution in [2.45, 2.75) is 38.4 Å². The van der Waals surface area contributed by atoms with Crippen molar-refractivity contribution in [1.29, 1.82) is 0 Å². The first-order valence-electron chi connectivity index (χ1n) is 12.5. The summed E-state index contributed by atoms with van der Waals surface area (Å²) >= 11 is 1.05. The van der Waals surface area contributed by atoms with E-state index in [2.05, 4.69) is 24.7 Å². The molecule has 19 heteroatoms. The Bertz CT molecular complexity index is 1550. The first-order chi connectivity index (χ1) is 19.9. The van der Waals surface area contributed by atoms with Gasteiger partial charge in [0.25, 0.3) is 11.8 Å². The van der Waals surface area contributed by atoms with Crippen LogP contribution in [0.2, 0.25) is 0 Å². The number of nitrogens with two attached hydrogens (primary N) is 2. The largest absolute Gasteiger partial charge is 0.724 e. The monoisotopic (exact) mass is 623 g/mol. The van der Waals surface area contributed by atoms with Crippen molar-refractivity contribution in [2.24, 2.45) is 10.9 Å². The number of carbonyl (C=O) groups is 2. The number of hydroxylamine groups is 2. The number of nitrogen functional groups attached to an aromatic ring is 1. The lowest BCUT2D eigenvalue weighted by Crippen LogP contribution is -2.76. The number of hydrogen-bond acceptors (Lipinski definition) is 14. The van der Waals surface area contributed by atoms with Gasteiger partial charge >= 0.3 is 0 Å². The normalized spacial score (nSPS) is 16.7. The van der Waals surface area contributed by atoms with Gasteiger partial charge in [-0.25, -0.2) is 23.0 Å². The zero-order valence-electron chi connectivity index (χ0n) is 22.6. The molecule has 0 unspecified atom stereocenters. The van der Waals surface area contributed by atoms with E-state index >= 15 is 0 Å². The minimum absolute atomic E-state index is 0.0609. The predicted octanol–water partition coefficient (Wildman–Crippen LogP) is -1.16. The summed E-state index contributed by atoms with van der Waals surface area (Å²) in [4.78, 5) is 39.1. The molecule has 226 valence electrons. The van der Waals surface area contributed by atoms with Gasteiger partial charge in [-0.2, -0.15) is 13.9 Å². The molecule has 0 aliphatic carbocycles. The minimum Gasteiger partial charge on any atom is -0.724 e. The topological polar surface area (TPSA) is 233 Å². The van der Waals surface area contributed by atoms with E-state index in [0.717, 1.165) is 24.3 Å². The quantitative estimate of drug-likeness (QED) is 0.0367. The van der Waals surface area contributed by atoms with Gasteiger partial charge in [-0.15, -0.1) is 11.3 Å². The van der Waals surface area contributed by atoms with Crippen molar-refractivity contribution in [3.05, 3.63) is 48.1 Å². The van der Waals surface area contributed by atoms with Crippen molar-refractivity contribution < 1.29 is 41.0 Å². The van der Waals surface area contributed by atoms with Crippen molar-refractivity contribution >= 4 is 44.4 Å². The number of anilines is 1. The predicted molar refractivity (Wildman–Crippen MR) is 146 cm³/mol. The molecule has 2 amide bonds. The standard InChI is InChI=1S/C23H29N9O8S2/c1-23(2)19(21(34)32(23)40-42(35,36)37)28-20(33)18(16-13-41-22(25)27-16)29-39-11-10-38-15-4-5-17(26-12-15)31-9-8-30(14-31)7-3-6-24/h4-5,8-9,12-14,19H,3,6-7,10-11,24H2,1-2H3,(H3-,25,27,28,33,35,36,37)/b29-18-/t19-/m1/s1. The van der Waals surface area contributed by atoms with Gasteiger partial charge in [0.15, 0.2) is 17.5 Å². The summed E-state index contributed by atoms with van der Waals surface area (Å²) < 4.78 is 46.5. The van der Waals surface area contributed by atoms with E-state index in [1.807, 2.05) is 27.9 Å². The van der Waals surface area contributed by atoms with E-state index in [4.69, 9.17) is 21.0 Å². The molecule has 3 aromatic rings. The van der Waals surface area contributed by atoms with Gasteiger partial charge in [0.05, 0.1) is 18.3 Å². The molecule has 5 N–H and O–H groups in total. The minimum atomic E-state index is -5.20. The molecule has 1 fully saturated rings. The van der Waals surface area contributed by atoms with E-state index in [-0.39, 0.29) is 29.8 Å². The Morgan fingerprint density at radius 3 is 2.74 bits per heavy atom. The van der Waals surface area contributed by atoms with E-state index in [1.54, 1.807) is 18.3 Å². The third-order valence-corrected chi connectivity index (χ3v) is 7.00. The Hall–Kier alpha value is -4.17. The van der Waals surface area contributed by atoms with Crippen LogP contribution >= 0.6 is 11.3 Å². The lowest BCUT2D eigenvalue weighted by atomic mass is 9.84. The molecule has 0 aromatic carbocycles. The maximum absolute atomic E-state index is 13.0. The van der Waals surface area contributed by atoms with Crippen LogP contribution in [0.25, 0.3) is 5.82 Å². The summed E-state index contributed by atoms with van der Waals surface area (Å²) in [6, 6.07) is 2.31. The number of aromatic nitrogens is 4. The molecule has 1 aliphatic heterocycles. The van der Waals surface area contributed by atoms with Crippen molar-refractivity contribution in [3.63, 3.8) is 0 Å². The molecular weight excluding hydrogens is 594 g/mol. The lowest BCUT2D eigenvalue weighted by molar-refractivity contribution is -0.696. The molecule has 4 rings (SSSR count). The molecule has 0 radical (unpaired) electrons. The lowest BCUT2D eigenvalue weighted by Gasteiger charge is -2.51. The molecule has 0 spiro atoms. The second-order valence-electron chi connectivity index (χ2n) is 9.42. The average Bonchev–Trinajstić information content (AvgIpc) is 3.60. The third-order valence-electron chi connectivity index (χ3n) is 5.99. The van der Waals surface area contributed by atoms with E-state index in [9.17, 15) is 22.6 Å². The van der Waals surface area contributed by atoms with Crippen LogP contribution in [0.15, 0.2) is 47.6 Å². The molecule has 42 heavy (non-hydrogen) atoms. The number of oxime groups is 1. The molecule has 0 saturated carbocycles. The number of aryl methyl sites for hydroxylation is 1. The van der Waals surface area contributed by atoms with Crippen molar-refractivity contribution in [1.82, 2.24) is 24.9 Å². The van der Waals surface area contributed by atoms with Crippen LogP contribution in [-0.4, -0.2) is 81.4 Å². The molecule has 1 saturated heterocycles. The van der Waals surface area contributed by atoms with Gasteiger partial charge in [-0.05, 0) is 32.9 Å². The number of carbonyl (C=O) groups excluding carboxylic acids is 2. The van der Waals surface area contributed by atoms with Crippen LogP contribution in [0.1, 0.15) is 26.0 Å². The highest BCUT2D eigenvalue weighted by Gasteiger charge is 2.57. The maximum Gasteiger partial charge on any atom is 0.276 e. The Balaban J connectivity index is 1.33. The van der Waals surface area contributed by atoms with Gasteiger partial charge in [0, 0.05) is 11.4 Å². The SMILES string of the molecule is CC1(C)[C@H](NC(=O)/C(=N\OCCOc2ccc(-n3cc[n+](CCCN)c3)nc2)c2csc(N)n2)C(=O)N1OS(=O)(=O)[O-]. The summed E-state index contributed by atoms with van der Waals surface area (Å²) in [7, 11) is -5.20. The average molecular weight is 624 g/mol. The molecule has 3 aromatic heterocycles. The highest BCUT2D eigenvalue weighted by molar-refractivity contribution is 7.80. The third kappa shape index (κ3) is 7.36. The van der Waals surface area contributed by atoms with Crippen LogP contribution < -0.4 is 26.1 Å². The molecular formula is C23H29N9O8S2. The number of amides is 2. The molecule has 1 atom stereocenters. The summed E-state index contributed by atoms with van der Waals surface area (Å²) in [6.07, 6.45) is 8.16. The fourth-order valence-corrected chi connectivity index (χ4v) is 4.87. The Morgan fingerprint density at radius 1 is 1.33 bits per heavy atom. The summed E-state index contributed by atoms with van der Waals surface area (Å²) in [5.74, 6) is -0.615. The van der Waals surface area contributed by atoms with Crippen LogP contribution in [0.5, 0.6) is 5.75 Å². The smallest absolute Gasteiger partial charge is 0.276 e. The Labute approximate surface area is 244 Å². The number of imidazole rings is 1. The second kappa shape index (κ2) is 12.8. The van der Waals surface area contributed by atoms with Crippen LogP contribution in [-0.2, 0) is 35.7 Å². The number of nitrogens with zero attached hydrogens (tertiary/aromatic N) is 6. The molecule has 17 nitrogen and oxygen atoms in total. The number of pyridine rings is 1. The number of nitrogens with one attached hydrogen (secondary N) is 1. The zero-order chi connectivity index (χ0) is 30.5. The number of hydrogen-bond donors (Lipinski definition) is 3. The van der Waals surface area contributed by atoms with Crippen molar-refractivity contribution in [3.8, 4) is 11.6 Å². The molecule has 1 aliphatic rings. The molecule has 0 bridgehead atoms. The summed E-state index contributed by atoms with van der Waals surface area (Å²) in [5, 5.41) is 8.31. The second-order valence-corrected chi connectivity index (χ2v) is 11.3. The number of rotatable bonds is 14. The van der Waals surface area contributed by atoms with Gasteiger partial charge in [-0.3, -0.25) is 9.59 Å². The number of ether oxygens (including phenoxy) is 1. The van der Waals surface area contributed by atoms with E-state index < -0.39 is 33.8 Å². The summed E-state index contributed by atoms with van der Waals surface area (Å²) in [6.45, 7) is 4.22. The van der Waals surface area contributed by atoms with Crippen molar-refractivity contribution in [2.75, 3.05) is 25.5 Å². The summed E-state index contributed by atoms with van der Waals surface area (Å²) in [5.41, 5.74) is 9.69. The van der Waals surface area contributed by atoms with Gasteiger partial charge < -0.3 is 30.9 Å². The van der Waals surface area contributed by atoms with Gasteiger partial charge in [0.1, 0.15) is 36.5 Å². The van der Waals surface area contributed by atoms with Crippen LogP contribution in [0, 0.1) is 0 Å². The molecule has 4 heterocycles. The van der Waals surface area contributed by atoms with Crippen LogP contribution in [0.3, 0.4) is 0 Å². The highest BCUT2D eigenvalue weighted by Crippen LogP contribution is 2.32. The van der Waals surface area contributed by atoms with Gasteiger partial charge in [0.2, 0.25) is 22.5 Å². The Kier molecular flexibility index (Phi) is 9.36. The van der Waals surface area contributed by atoms with Crippen LogP contribution in [0.4, 0.5) is 5.13 Å². The van der Waals surface area contributed by atoms with E-state index in [1.165, 1.54) is 19.2 Å². The van der Waals surface area contributed by atoms with Gasteiger partial charge in [-0.1, -0.05) is 5.16 Å². The number of thiazole rings is 1. The Morgan fingerprint density at radius 2 is 2.12 bits per heavy atom. The maximum atomic E-state index is 13.0. The first-order valence-corrected chi connectivity index (χ1v) is 14.7. The highest BCUT2D eigenvalue weighted by atomic mass is 32.3. The fraction of sp³-hybridized carbons (Fsp3) is 0.391. The first kappa shape index (κ1) is 30.8. The number of β-lactam (4-membered cyclic amide) rings is 1.